The normalized spacial score (nSPS) is 9.40. The first-order valence-electron chi connectivity index (χ1n) is 2.70. The molecule has 1 aromatic rings. The highest BCUT2D eigenvalue weighted by atomic mass is 79.9. The lowest BCUT2D eigenvalue weighted by Gasteiger charge is -2.00. The van der Waals surface area contributed by atoms with Crippen molar-refractivity contribution in [2.24, 2.45) is 0 Å². The van der Waals surface area contributed by atoms with Crippen molar-refractivity contribution in [1.29, 1.82) is 0 Å². The van der Waals surface area contributed by atoms with E-state index in [9.17, 15) is 0 Å². The summed E-state index contributed by atoms with van der Waals surface area (Å²) in [4.78, 5) is 7.86. The van der Waals surface area contributed by atoms with Crippen molar-refractivity contribution in [2.45, 2.75) is 0 Å². The second kappa shape index (κ2) is 2.83. The minimum Gasteiger partial charge on any atom is -0.381 e. The molecule has 1 aromatic heterocycles. The predicted octanol–water partition coefficient (Wildman–Crippen LogP) is 0.863. The Morgan fingerprint density at radius 2 is 2.40 bits per heavy atom. The Kier molecular flexibility index (Phi) is 2.06. The number of aromatic nitrogens is 2. The second-order valence-corrected chi connectivity index (χ2v) is 2.49. The van der Waals surface area contributed by atoms with E-state index >= 15 is 0 Å². The molecule has 1 rings (SSSR count). The maximum atomic E-state index is 5.44. The van der Waals surface area contributed by atoms with Crippen LogP contribution in [0.15, 0.2) is 10.8 Å². The Morgan fingerprint density at radius 3 is 2.90 bits per heavy atom. The molecule has 3 N–H and O–H groups in total. The van der Waals surface area contributed by atoms with Gasteiger partial charge in [0.25, 0.3) is 0 Å². The van der Waals surface area contributed by atoms with Crippen LogP contribution in [-0.4, -0.2) is 17.0 Å². The van der Waals surface area contributed by atoms with Crippen LogP contribution in [0.2, 0.25) is 0 Å². The number of nitrogens with zero attached hydrogens (tertiary/aromatic N) is 2. The summed E-state index contributed by atoms with van der Waals surface area (Å²) in [6.45, 7) is 0. The van der Waals surface area contributed by atoms with Gasteiger partial charge in [0, 0.05) is 7.05 Å². The molecule has 0 spiro atoms. The lowest BCUT2D eigenvalue weighted by molar-refractivity contribution is 1.16. The van der Waals surface area contributed by atoms with E-state index in [-0.39, 0.29) is 0 Å². The van der Waals surface area contributed by atoms with Gasteiger partial charge in [0.15, 0.2) is 11.6 Å². The first-order valence-corrected chi connectivity index (χ1v) is 3.49. The fraction of sp³-hybridized carbons (Fsp3) is 0.200. The zero-order chi connectivity index (χ0) is 7.56. The van der Waals surface area contributed by atoms with Crippen molar-refractivity contribution in [3.63, 3.8) is 0 Å². The van der Waals surface area contributed by atoms with Crippen LogP contribution in [0.3, 0.4) is 0 Å². The Labute approximate surface area is 67.0 Å². The summed E-state index contributed by atoms with van der Waals surface area (Å²) in [5.74, 6) is 1.00. The van der Waals surface area contributed by atoms with Crippen LogP contribution in [0.1, 0.15) is 0 Å². The Morgan fingerprint density at radius 1 is 1.70 bits per heavy atom. The molecule has 0 saturated heterocycles. The summed E-state index contributed by atoms with van der Waals surface area (Å²) >= 11 is 3.17. The number of rotatable bonds is 1. The van der Waals surface area contributed by atoms with Crippen LogP contribution in [0.5, 0.6) is 0 Å². The van der Waals surface area contributed by atoms with Crippen molar-refractivity contribution < 1.29 is 0 Å². The fourth-order valence-corrected chi connectivity index (χ4v) is 0.841. The molecule has 0 saturated carbocycles. The summed E-state index contributed by atoms with van der Waals surface area (Å²) in [7, 11) is 1.74. The van der Waals surface area contributed by atoms with E-state index in [1.807, 2.05) is 0 Å². The van der Waals surface area contributed by atoms with Crippen LogP contribution < -0.4 is 11.1 Å². The molecule has 0 aromatic carbocycles. The van der Waals surface area contributed by atoms with Crippen molar-refractivity contribution in [3.8, 4) is 0 Å². The van der Waals surface area contributed by atoms with Crippen LogP contribution in [0.4, 0.5) is 11.6 Å². The van der Waals surface area contributed by atoms with E-state index < -0.39 is 0 Å². The standard InChI is InChI=1S/C5H7BrN4/c1-8-5-4(7)9-2-3(6)10-5/h2H,1H3,(H2,7,9)(H,8,10). The first-order chi connectivity index (χ1) is 4.74. The van der Waals surface area contributed by atoms with Gasteiger partial charge in [0.2, 0.25) is 0 Å². The SMILES string of the molecule is CNc1nc(Br)cnc1N. The molecule has 10 heavy (non-hydrogen) atoms. The number of nitrogens with one attached hydrogen (secondary N) is 1. The van der Waals surface area contributed by atoms with Gasteiger partial charge in [-0.3, -0.25) is 0 Å². The van der Waals surface area contributed by atoms with Crippen LogP contribution in [-0.2, 0) is 0 Å². The Bertz CT molecular complexity index is 237. The molecule has 0 bridgehead atoms. The molecule has 4 nitrogen and oxygen atoms in total. The Balaban J connectivity index is 3.09. The quantitative estimate of drug-likeness (QED) is 0.710. The molecular weight excluding hydrogens is 196 g/mol. The maximum Gasteiger partial charge on any atom is 0.169 e. The molecule has 0 atom stereocenters. The number of halogens is 1. The van der Waals surface area contributed by atoms with Gasteiger partial charge in [0.05, 0.1) is 6.20 Å². The van der Waals surface area contributed by atoms with Gasteiger partial charge >= 0.3 is 0 Å². The second-order valence-electron chi connectivity index (χ2n) is 1.68. The van der Waals surface area contributed by atoms with Gasteiger partial charge in [-0.05, 0) is 15.9 Å². The zero-order valence-corrected chi connectivity index (χ0v) is 7.01. The molecule has 0 aliphatic carbocycles. The molecule has 5 heteroatoms. The van der Waals surface area contributed by atoms with Gasteiger partial charge in [-0.25, -0.2) is 9.97 Å². The first kappa shape index (κ1) is 7.27. The average Bonchev–Trinajstić information content (AvgIpc) is 1.94. The minimum absolute atomic E-state index is 0.408. The highest BCUT2D eigenvalue weighted by molar-refractivity contribution is 9.10. The summed E-state index contributed by atoms with van der Waals surface area (Å²) in [6, 6.07) is 0. The van der Waals surface area contributed by atoms with Crippen LogP contribution in [0, 0.1) is 0 Å². The zero-order valence-electron chi connectivity index (χ0n) is 5.43. The Hall–Kier alpha value is -0.840. The highest BCUT2D eigenvalue weighted by Gasteiger charge is 1.98. The molecule has 0 radical (unpaired) electrons. The number of nitrogen functional groups attached to an aromatic ring is 1. The third-order valence-electron chi connectivity index (χ3n) is 1.01. The van der Waals surface area contributed by atoms with Crippen molar-refractivity contribution in [2.75, 3.05) is 18.1 Å². The number of hydrogen-bond acceptors (Lipinski definition) is 4. The monoisotopic (exact) mass is 202 g/mol. The van der Waals surface area contributed by atoms with E-state index in [1.165, 1.54) is 0 Å². The van der Waals surface area contributed by atoms with Gasteiger partial charge < -0.3 is 11.1 Å². The van der Waals surface area contributed by atoms with Gasteiger partial charge in [-0.2, -0.15) is 0 Å². The molecule has 0 amide bonds. The smallest absolute Gasteiger partial charge is 0.169 e. The maximum absolute atomic E-state index is 5.44. The summed E-state index contributed by atoms with van der Waals surface area (Å²) in [5.41, 5.74) is 5.44. The third-order valence-corrected chi connectivity index (χ3v) is 1.39. The number of anilines is 2. The summed E-state index contributed by atoms with van der Waals surface area (Å²) in [6.07, 6.45) is 1.55. The lowest BCUT2D eigenvalue weighted by Crippen LogP contribution is -2.00. The van der Waals surface area contributed by atoms with E-state index in [2.05, 4.69) is 31.2 Å². The van der Waals surface area contributed by atoms with Gasteiger partial charge in [-0.1, -0.05) is 0 Å². The molecule has 0 fully saturated rings. The topological polar surface area (TPSA) is 63.8 Å². The minimum atomic E-state index is 0.408. The number of hydrogen-bond donors (Lipinski definition) is 2. The van der Waals surface area contributed by atoms with Crippen molar-refractivity contribution in [1.82, 2.24) is 9.97 Å². The molecular formula is C5H7BrN4. The molecule has 0 aliphatic rings. The van der Waals surface area contributed by atoms with E-state index in [1.54, 1.807) is 13.2 Å². The summed E-state index contributed by atoms with van der Waals surface area (Å²) in [5, 5.41) is 2.81. The highest BCUT2D eigenvalue weighted by Crippen LogP contribution is 2.13. The van der Waals surface area contributed by atoms with E-state index in [0.29, 0.717) is 16.2 Å². The lowest BCUT2D eigenvalue weighted by atomic mass is 10.6. The fourth-order valence-electron chi connectivity index (χ4n) is 0.561. The number of nitrogens with two attached hydrogens (primary N) is 1. The average molecular weight is 203 g/mol. The molecule has 1 heterocycles. The van der Waals surface area contributed by atoms with Gasteiger partial charge in [0.1, 0.15) is 4.60 Å². The van der Waals surface area contributed by atoms with Gasteiger partial charge in [-0.15, -0.1) is 0 Å². The van der Waals surface area contributed by atoms with Crippen LogP contribution in [0.25, 0.3) is 0 Å². The largest absolute Gasteiger partial charge is 0.381 e. The van der Waals surface area contributed by atoms with Crippen LogP contribution >= 0.6 is 15.9 Å². The van der Waals surface area contributed by atoms with Crippen molar-refractivity contribution in [3.05, 3.63) is 10.8 Å². The van der Waals surface area contributed by atoms with E-state index in [4.69, 9.17) is 5.73 Å². The predicted molar refractivity (Wildman–Crippen MR) is 43.7 cm³/mol. The third kappa shape index (κ3) is 1.36. The van der Waals surface area contributed by atoms with E-state index in [0.717, 1.165) is 0 Å². The van der Waals surface area contributed by atoms with Crippen molar-refractivity contribution >= 4 is 27.6 Å². The molecule has 0 unspecified atom stereocenters. The molecule has 0 aliphatic heterocycles. The summed E-state index contributed by atoms with van der Waals surface area (Å²) < 4.78 is 0.672. The molecule has 54 valence electrons.